The van der Waals surface area contributed by atoms with Gasteiger partial charge in [-0.25, -0.2) is 0 Å². The zero-order valence-electron chi connectivity index (χ0n) is 9.91. The average Bonchev–Trinajstić information content (AvgIpc) is 2.57. The van der Waals surface area contributed by atoms with Gasteiger partial charge in [0, 0.05) is 18.8 Å². The lowest BCUT2D eigenvalue weighted by Crippen LogP contribution is -2.24. The second kappa shape index (κ2) is 5.10. The van der Waals surface area contributed by atoms with Crippen LogP contribution in [0.3, 0.4) is 0 Å². The number of nitrogen functional groups attached to an aromatic ring is 1. The van der Waals surface area contributed by atoms with E-state index in [1.54, 1.807) is 7.11 Å². The number of benzene rings is 1. The number of methoxy groups -OCH3 is 1. The molecule has 1 heterocycles. The number of nitrogens with two attached hydrogens (primary N) is 1. The predicted molar refractivity (Wildman–Crippen MR) is 68.1 cm³/mol. The molecule has 1 aromatic carbocycles. The quantitative estimate of drug-likeness (QED) is 0.779. The zero-order chi connectivity index (χ0) is 11.4. The van der Waals surface area contributed by atoms with E-state index in [4.69, 9.17) is 10.5 Å². The number of hydrogen-bond acceptors (Lipinski definition) is 3. The highest BCUT2D eigenvalue weighted by atomic mass is 16.5. The van der Waals surface area contributed by atoms with Gasteiger partial charge in [-0.15, -0.1) is 0 Å². The summed E-state index contributed by atoms with van der Waals surface area (Å²) in [6, 6.07) is 5.86. The average molecular weight is 220 g/mol. The highest BCUT2D eigenvalue weighted by Gasteiger charge is 2.14. The SMILES string of the molecule is COc1ccc(N)cc1N1CCCCCC1. The second-order valence-corrected chi connectivity index (χ2v) is 4.33. The van der Waals surface area contributed by atoms with Gasteiger partial charge in [0.2, 0.25) is 0 Å². The van der Waals surface area contributed by atoms with E-state index in [1.807, 2.05) is 18.2 Å². The van der Waals surface area contributed by atoms with Crippen molar-refractivity contribution in [2.45, 2.75) is 25.7 Å². The van der Waals surface area contributed by atoms with Crippen LogP contribution in [0.4, 0.5) is 11.4 Å². The lowest BCUT2D eigenvalue weighted by atomic mass is 10.2. The normalized spacial score (nSPS) is 16.9. The molecule has 1 fully saturated rings. The first kappa shape index (κ1) is 11.1. The Kier molecular flexibility index (Phi) is 3.54. The van der Waals surface area contributed by atoms with Gasteiger partial charge in [0.05, 0.1) is 12.8 Å². The van der Waals surface area contributed by atoms with Crippen LogP contribution in [0.1, 0.15) is 25.7 Å². The van der Waals surface area contributed by atoms with Gasteiger partial charge in [0.25, 0.3) is 0 Å². The molecule has 0 radical (unpaired) electrons. The van der Waals surface area contributed by atoms with Crippen molar-refractivity contribution in [1.82, 2.24) is 0 Å². The van der Waals surface area contributed by atoms with E-state index in [0.717, 1.165) is 30.2 Å². The topological polar surface area (TPSA) is 38.5 Å². The highest BCUT2D eigenvalue weighted by molar-refractivity contribution is 5.65. The Morgan fingerprint density at radius 3 is 2.44 bits per heavy atom. The molecule has 2 N–H and O–H groups in total. The number of rotatable bonds is 2. The van der Waals surface area contributed by atoms with Gasteiger partial charge in [-0.2, -0.15) is 0 Å². The van der Waals surface area contributed by atoms with E-state index < -0.39 is 0 Å². The summed E-state index contributed by atoms with van der Waals surface area (Å²) < 4.78 is 5.40. The molecule has 1 saturated heterocycles. The van der Waals surface area contributed by atoms with E-state index in [9.17, 15) is 0 Å². The van der Waals surface area contributed by atoms with Crippen LogP contribution < -0.4 is 15.4 Å². The van der Waals surface area contributed by atoms with Crippen molar-refractivity contribution in [1.29, 1.82) is 0 Å². The fraction of sp³-hybridized carbons (Fsp3) is 0.538. The standard InChI is InChI=1S/C13H20N2O/c1-16-13-7-6-11(14)10-12(13)15-8-4-2-3-5-9-15/h6-7,10H,2-5,8-9,14H2,1H3. The fourth-order valence-electron chi connectivity index (χ4n) is 2.27. The maximum Gasteiger partial charge on any atom is 0.142 e. The van der Waals surface area contributed by atoms with Crippen LogP contribution in [0.2, 0.25) is 0 Å². The van der Waals surface area contributed by atoms with E-state index in [1.165, 1.54) is 25.7 Å². The summed E-state index contributed by atoms with van der Waals surface area (Å²) in [5.74, 6) is 0.927. The summed E-state index contributed by atoms with van der Waals surface area (Å²) in [6.07, 6.45) is 5.19. The minimum Gasteiger partial charge on any atom is -0.495 e. The van der Waals surface area contributed by atoms with Crippen LogP contribution in [0.5, 0.6) is 5.75 Å². The third kappa shape index (κ3) is 2.40. The molecule has 88 valence electrons. The number of anilines is 2. The van der Waals surface area contributed by atoms with Gasteiger partial charge in [0.15, 0.2) is 0 Å². The van der Waals surface area contributed by atoms with E-state index in [2.05, 4.69) is 4.90 Å². The molecule has 16 heavy (non-hydrogen) atoms. The van der Waals surface area contributed by atoms with Gasteiger partial charge in [-0.1, -0.05) is 12.8 Å². The Balaban J connectivity index is 2.25. The fourth-order valence-corrected chi connectivity index (χ4v) is 2.27. The molecular formula is C13H20N2O. The van der Waals surface area contributed by atoms with Gasteiger partial charge in [-0.3, -0.25) is 0 Å². The third-order valence-corrected chi connectivity index (χ3v) is 3.15. The largest absolute Gasteiger partial charge is 0.495 e. The Hall–Kier alpha value is -1.38. The Bertz CT molecular complexity index is 344. The first-order valence-electron chi connectivity index (χ1n) is 6.00. The third-order valence-electron chi connectivity index (χ3n) is 3.15. The first-order valence-corrected chi connectivity index (χ1v) is 6.00. The Morgan fingerprint density at radius 1 is 1.12 bits per heavy atom. The van der Waals surface area contributed by atoms with Gasteiger partial charge in [0.1, 0.15) is 5.75 Å². The molecule has 0 aliphatic carbocycles. The molecule has 0 unspecified atom stereocenters. The second-order valence-electron chi connectivity index (χ2n) is 4.33. The minimum atomic E-state index is 0.806. The van der Waals surface area contributed by atoms with E-state index in [0.29, 0.717) is 0 Å². The molecule has 3 nitrogen and oxygen atoms in total. The molecule has 0 amide bonds. The molecule has 0 spiro atoms. The lowest BCUT2D eigenvalue weighted by molar-refractivity contribution is 0.414. The Labute approximate surface area is 97.2 Å². The molecule has 0 bridgehead atoms. The molecule has 1 aliphatic rings. The van der Waals surface area contributed by atoms with Crippen molar-refractivity contribution in [3.63, 3.8) is 0 Å². The molecule has 2 rings (SSSR count). The summed E-state index contributed by atoms with van der Waals surface area (Å²) in [4.78, 5) is 2.39. The zero-order valence-corrected chi connectivity index (χ0v) is 9.91. The van der Waals surface area contributed by atoms with Crippen molar-refractivity contribution >= 4 is 11.4 Å². The van der Waals surface area contributed by atoms with Crippen LogP contribution in [0.15, 0.2) is 18.2 Å². The monoisotopic (exact) mass is 220 g/mol. The number of ether oxygens (including phenoxy) is 1. The van der Waals surface area contributed by atoms with Crippen molar-refractivity contribution < 1.29 is 4.74 Å². The summed E-state index contributed by atoms with van der Waals surface area (Å²) in [6.45, 7) is 2.22. The molecule has 0 atom stereocenters. The lowest BCUT2D eigenvalue weighted by Gasteiger charge is -2.24. The van der Waals surface area contributed by atoms with Crippen molar-refractivity contribution in [2.24, 2.45) is 0 Å². The molecule has 0 aromatic heterocycles. The van der Waals surface area contributed by atoms with Crippen LogP contribution in [-0.2, 0) is 0 Å². The summed E-state index contributed by atoms with van der Waals surface area (Å²) in [5.41, 5.74) is 7.79. The first-order chi connectivity index (χ1) is 7.81. The van der Waals surface area contributed by atoms with E-state index in [-0.39, 0.29) is 0 Å². The predicted octanol–water partition coefficient (Wildman–Crippen LogP) is 2.66. The van der Waals surface area contributed by atoms with Crippen LogP contribution in [-0.4, -0.2) is 20.2 Å². The van der Waals surface area contributed by atoms with Gasteiger partial charge in [-0.05, 0) is 31.0 Å². The van der Waals surface area contributed by atoms with Crippen LogP contribution in [0.25, 0.3) is 0 Å². The van der Waals surface area contributed by atoms with Gasteiger partial charge < -0.3 is 15.4 Å². The molecular weight excluding hydrogens is 200 g/mol. The summed E-state index contributed by atoms with van der Waals surface area (Å²) >= 11 is 0. The van der Waals surface area contributed by atoms with Crippen molar-refractivity contribution in [3.8, 4) is 5.75 Å². The van der Waals surface area contributed by atoms with Gasteiger partial charge >= 0.3 is 0 Å². The molecule has 3 heteroatoms. The van der Waals surface area contributed by atoms with Crippen LogP contribution >= 0.6 is 0 Å². The molecule has 1 aliphatic heterocycles. The minimum absolute atomic E-state index is 0.806. The molecule has 0 saturated carbocycles. The summed E-state index contributed by atoms with van der Waals surface area (Å²) in [7, 11) is 1.72. The summed E-state index contributed by atoms with van der Waals surface area (Å²) in [5, 5.41) is 0. The maximum absolute atomic E-state index is 5.85. The smallest absolute Gasteiger partial charge is 0.142 e. The van der Waals surface area contributed by atoms with E-state index >= 15 is 0 Å². The number of nitrogens with zero attached hydrogens (tertiary/aromatic N) is 1. The van der Waals surface area contributed by atoms with Crippen molar-refractivity contribution in [3.05, 3.63) is 18.2 Å². The maximum atomic E-state index is 5.85. The van der Waals surface area contributed by atoms with Crippen LogP contribution in [0, 0.1) is 0 Å². The molecule has 1 aromatic rings. The van der Waals surface area contributed by atoms with Crippen molar-refractivity contribution in [2.75, 3.05) is 30.8 Å². The Morgan fingerprint density at radius 2 is 1.81 bits per heavy atom. The number of hydrogen-bond donors (Lipinski definition) is 1. The highest BCUT2D eigenvalue weighted by Crippen LogP contribution is 2.31.